The van der Waals surface area contributed by atoms with E-state index < -0.39 is 5.97 Å². The normalized spacial score (nSPS) is 10.5. The van der Waals surface area contributed by atoms with Crippen molar-refractivity contribution >= 4 is 11.8 Å². The predicted molar refractivity (Wildman–Crippen MR) is 77.7 cm³/mol. The summed E-state index contributed by atoms with van der Waals surface area (Å²) in [5.41, 5.74) is 0.320. The molecule has 0 fully saturated rings. The second-order valence-corrected chi connectivity index (χ2v) is 4.43. The van der Waals surface area contributed by atoms with Gasteiger partial charge in [0, 0.05) is 5.56 Å². The Labute approximate surface area is 124 Å². The Morgan fingerprint density at radius 3 is 2.48 bits per heavy atom. The van der Waals surface area contributed by atoms with Crippen LogP contribution in [0.1, 0.15) is 24.2 Å². The highest BCUT2D eigenvalue weighted by molar-refractivity contribution is 5.98. The average Bonchev–Trinajstić information content (AvgIpc) is 2.50. The van der Waals surface area contributed by atoms with E-state index in [1.165, 1.54) is 25.3 Å². The summed E-state index contributed by atoms with van der Waals surface area (Å²) in [5.74, 6) is -0.623. The molecule has 116 valence electrons. The van der Waals surface area contributed by atoms with Crippen molar-refractivity contribution in [2.75, 3.05) is 33.4 Å². The van der Waals surface area contributed by atoms with Gasteiger partial charge < -0.3 is 14.6 Å². The van der Waals surface area contributed by atoms with Gasteiger partial charge in [0.05, 0.1) is 13.7 Å². The average molecular weight is 295 g/mol. The first kappa shape index (κ1) is 17.0. The minimum absolute atomic E-state index is 0.0485. The number of ether oxygens (including phenoxy) is 2. The molecule has 6 heteroatoms. The number of benzene rings is 1. The van der Waals surface area contributed by atoms with Crippen LogP contribution >= 0.6 is 0 Å². The maximum absolute atomic E-state index is 11.9. The molecule has 0 atom stereocenters. The van der Waals surface area contributed by atoms with Crippen LogP contribution in [0.2, 0.25) is 0 Å². The topological polar surface area (TPSA) is 76.1 Å². The molecule has 0 radical (unpaired) electrons. The third-order valence-electron chi connectivity index (χ3n) is 3.11. The van der Waals surface area contributed by atoms with E-state index in [1.54, 1.807) is 0 Å². The minimum Gasteiger partial charge on any atom is -0.504 e. The van der Waals surface area contributed by atoms with Crippen LogP contribution < -0.4 is 4.74 Å². The van der Waals surface area contributed by atoms with Gasteiger partial charge in [0.15, 0.2) is 23.9 Å². The van der Waals surface area contributed by atoms with Gasteiger partial charge in [-0.2, -0.15) is 0 Å². The fraction of sp³-hybridized carbons (Fsp3) is 0.467. The van der Waals surface area contributed by atoms with Gasteiger partial charge in [-0.25, -0.2) is 0 Å². The van der Waals surface area contributed by atoms with Gasteiger partial charge in [-0.15, -0.1) is 0 Å². The van der Waals surface area contributed by atoms with Crippen LogP contribution in [0.25, 0.3) is 0 Å². The number of Topliss-reactive ketones (excluding diaryl/α,β-unsaturated/α-hetero) is 1. The molecule has 0 spiro atoms. The summed E-state index contributed by atoms with van der Waals surface area (Å²) < 4.78 is 9.89. The number of rotatable bonds is 8. The second-order valence-electron chi connectivity index (χ2n) is 4.43. The molecular formula is C15H21NO5. The molecule has 0 unspecified atom stereocenters. The first-order valence-electron chi connectivity index (χ1n) is 6.80. The van der Waals surface area contributed by atoms with Crippen molar-refractivity contribution in [3.8, 4) is 11.5 Å². The molecule has 0 bridgehead atoms. The number of phenolic OH excluding ortho intramolecular Hbond substituents is 1. The minimum atomic E-state index is -0.433. The van der Waals surface area contributed by atoms with Crippen molar-refractivity contribution in [2.24, 2.45) is 0 Å². The van der Waals surface area contributed by atoms with E-state index in [1.807, 2.05) is 18.7 Å². The molecule has 0 saturated carbocycles. The van der Waals surface area contributed by atoms with E-state index in [0.29, 0.717) is 5.56 Å². The van der Waals surface area contributed by atoms with Crippen LogP contribution in [-0.4, -0.2) is 55.1 Å². The third kappa shape index (κ3) is 5.07. The Balaban J connectivity index is 2.56. The van der Waals surface area contributed by atoms with E-state index in [2.05, 4.69) is 0 Å². The van der Waals surface area contributed by atoms with Gasteiger partial charge in [-0.3, -0.25) is 14.5 Å². The molecule has 0 aromatic heterocycles. The lowest BCUT2D eigenvalue weighted by Gasteiger charge is -2.16. The number of carbonyl (C=O) groups is 2. The van der Waals surface area contributed by atoms with Gasteiger partial charge in [0.1, 0.15) is 0 Å². The molecule has 0 amide bonds. The zero-order chi connectivity index (χ0) is 15.8. The molecule has 0 aliphatic carbocycles. The number of hydrogen-bond acceptors (Lipinski definition) is 6. The zero-order valence-corrected chi connectivity index (χ0v) is 12.6. The first-order chi connectivity index (χ1) is 10.0. The van der Waals surface area contributed by atoms with Crippen molar-refractivity contribution in [3.05, 3.63) is 23.8 Å². The number of hydrogen-bond donors (Lipinski definition) is 1. The van der Waals surface area contributed by atoms with E-state index in [-0.39, 0.29) is 30.4 Å². The summed E-state index contributed by atoms with van der Waals surface area (Å²) in [6.45, 7) is 5.23. The second kappa shape index (κ2) is 8.26. The first-order valence-corrected chi connectivity index (χ1v) is 6.80. The standard InChI is InChI=1S/C15H21NO5/c1-4-16(5-2)9-15(19)21-10-13(18)11-6-7-12(17)14(8-11)20-3/h6-8,17H,4-5,9-10H2,1-3H3. The highest BCUT2D eigenvalue weighted by Crippen LogP contribution is 2.26. The van der Waals surface area contributed by atoms with Crippen molar-refractivity contribution in [1.29, 1.82) is 0 Å². The highest BCUT2D eigenvalue weighted by atomic mass is 16.5. The van der Waals surface area contributed by atoms with Gasteiger partial charge in [-0.1, -0.05) is 13.8 Å². The van der Waals surface area contributed by atoms with E-state index >= 15 is 0 Å². The molecule has 0 aliphatic heterocycles. The fourth-order valence-corrected chi connectivity index (χ4v) is 1.76. The molecular weight excluding hydrogens is 274 g/mol. The number of phenols is 1. The predicted octanol–water partition coefficient (Wildman–Crippen LogP) is 1.47. The monoisotopic (exact) mass is 295 g/mol. The Morgan fingerprint density at radius 1 is 1.24 bits per heavy atom. The van der Waals surface area contributed by atoms with Crippen LogP contribution in [0.5, 0.6) is 11.5 Å². The molecule has 1 aromatic rings. The highest BCUT2D eigenvalue weighted by Gasteiger charge is 2.14. The Bertz CT molecular complexity index is 497. The molecule has 0 heterocycles. The van der Waals surface area contributed by atoms with Gasteiger partial charge in [0.2, 0.25) is 0 Å². The van der Waals surface area contributed by atoms with Gasteiger partial charge >= 0.3 is 5.97 Å². The molecule has 0 saturated heterocycles. The number of esters is 1. The Morgan fingerprint density at radius 2 is 1.90 bits per heavy atom. The largest absolute Gasteiger partial charge is 0.504 e. The molecule has 6 nitrogen and oxygen atoms in total. The molecule has 21 heavy (non-hydrogen) atoms. The van der Waals surface area contributed by atoms with Gasteiger partial charge in [-0.05, 0) is 31.3 Å². The van der Waals surface area contributed by atoms with E-state index in [4.69, 9.17) is 9.47 Å². The lowest BCUT2D eigenvalue weighted by molar-refractivity contribution is -0.143. The maximum Gasteiger partial charge on any atom is 0.320 e. The quantitative estimate of drug-likeness (QED) is 0.578. The molecule has 1 aromatic carbocycles. The van der Waals surface area contributed by atoms with E-state index in [9.17, 15) is 14.7 Å². The van der Waals surface area contributed by atoms with E-state index in [0.717, 1.165) is 13.1 Å². The number of nitrogens with zero attached hydrogens (tertiary/aromatic N) is 1. The van der Waals surface area contributed by atoms with Crippen molar-refractivity contribution < 1.29 is 24.2 Å². The summed E-state index contributed by atoms with van der Waals surface area (Å²) in [5, 5.41) is 9.46. The number of likely N-dealkylation sites (N-methyl/N-ethyl adjacent to an activating group) is 1. The Kier molecular flexibility index (Phi) is 6.68. The van der Waals surface area contributed by atoms with Crippen LogP contribution in [0.4, 0.5) is 0 Å². The number of ketones is 1. The van der Waals surface area contributed by atoms with Crippen LogP contribution in [0.15, 0.2) is 18.2 Å². The summed E-state index contributed by atoms with van der Waals surface area (Å²) in [7, 11) is 1.40. The number of carbonyl (C=O) groups excluding carboxylic acids is 2. The smallest absolute Gasteiger partial charge is 0.320 e. The van der Waals surface area contributed by atoms with Crippen molar-refractivity contribution in [3.63, 3.8) is 0 Å². The number of methoxy groups -OCH3 is 1. The lowest BCUT2D eigenvalue weighted by atomic mass is 10.1. The number of aromatic hydroxyl groups is 1. The van der Waals surface area contributed by atoms with Crippen LogP contribution in [0, 0.1) is 0 Å². The SMILES string of the molecule is CCN(CC)CC(=O)OCC(=O)c1ccc(O)c(OC)c1. The summed E-state index contributed by atoms with van der Waals surface area (Å²) in [6, 6.07) is 4.23. The molecule has 0 aliphatic rings. The van der Waals surface area contributed by atoms with Crippen LogP contribution in [0.3, 0.4) is 0 Å². The fourth-order valence-electron chi connectivity index (χ4n) is 1.76. The third-order valence-corrected chi connectivity index (χ3v) is 3.11. The zero-order valence-electron chi connectivity index (χ0n) is 12.6. The molecule has 1 N–H and O–H groups in total. The summed E-state index contributed by atoms with van der Waals surface area (Å²) >= 11 is 0. The summed E-state index contributed by atoms with van der Waals surface area (Å²) in [4.78, 5) is 25.4. The Hall–Kier alpha value is -2.08. The maximum atomic E-state index is 11.9. The van der Waals surface area contributed by atoms with Crippen LogP contribution in [-0.2, 0) is 9.53 Å². The molecule has 1 rings (SSSR count). The van der Waals surface area contributed by atoms with Gasteiger partial charge in [0.25, 0.3) is 0 Å². The summed E-state index contributed by atoms with van der Waals surface area (Å²) in [6.07, 6.45) is 0. The lowest BCUT2D eigenvalue weighted by Crippen LogP contribution is -2.31. The van der Waals surface area contributed by atoms with Crippen molar-refractivity contribution in [2.45, 2.75) is 13.8 Å². The van der Waals surface area contributed by atoms with Crippen molar-refractivity contribution in [1.82, 2.24) is 4.90 Å².